The van der Waals surface area contributed by atoms with E-state index in [-0.39, 0.29) is 0 Å². The second-order valence-corrected chi connectivity index (χ2v) is 5.49. The van der Waals surface area contributed by atoms with Crippen molar-refractivity contribution in [3.05, 3.63) is 0 Å². The molecule has 2 fully saturated rings. The molecule has 0 aromatic heterocycles. The summed E-state index contributed by atoms with van der Waals surface area (Å²) in [5.74, 6) is 1.96. The van der Waals surface area contributed by atoms with Crippen LogP contribution in [0.5, 0.6) is 0 Å². The summed E-state index contributed by atoms with van der Waals surface area (Å²) in [6.07, 6.45) is 7.36. The van der Waals surface area contributed by atoms with Crippen LogP contribution in [-0.4, -0.2) is 13.1 Å². The molecule has 1 N–H and O–H groups in total. The average Bonchev–Trinajstić information content (AvgIpc) is 2.76. The van der Waals surface area contributed by atoms with Crippen molar-refractivity contribution in [2.45, 2.75) is 52.0 Å². The first-order valence-electron chi connectivity index (χ1n) is 5.86. The van der Waals surface area contributed by atoms with E-state index in [4.69, 9.17) is 0 Å². The van der Waals surface area contributed by atoms with Gasteiger partial charge in [0, 0.05) is 6.04 Å². The molecule has 2 saturated carbocycles. The van der Waals surface area contributed by atoms with Crippen LogP contribution in [0, 0.1) is 17.3 Å². The fourth-order valence-electron chi connectivity index (χ4n) is 3.15. The summed E-state index contributed by atoms with van der Waals surface area (Å²) in [5.41, 5.74) is 0.781. The van der Waals surface area contributed by atoms with Crippen molar-refractivity contribution in [2.75, 3.05) is 7.05 Å². The summed E-state index contributed by atoms with van der Waals surface area (Å²) < 4.78 is 0. The van der Waals surface area contributed by atoms with Crippen LogP contribution in [0.25, 0.3) is 0 Å². The second kappa shape index (κ2) is 3.27. The minimum absolute atomic E-state index is 0.781. The molecule has 0 bridgehead atoms. The zero-order chi connectivity index (χ0) is 9.47. The van der Waals surface area contributed by atoms with Gasteiger partial charge in [0.25, 0.3) is 0 Å². The first-order valence-corrected chi connectivity index (χ1v) is 5.86. The van der Waals surface area contributed by atoms with E-state index in [0.29, 0.717) is 0 Å². The zero-order valence-electron chi connectivity index (χ0n) is 9.27. The van der Waals surface area contributed by atoms with Crippen LogP contribution in [0.15, 0.2) is 0 Å². The van der Waals surface area contributed by atoms with Crippen LogP contribution in [0.4, 0.5) is 0 Å². The van der Waals surface area contributed by atoms with E-state index in [2.05, 4.69) is 26.2 Å². The first-order chi connectivity index (χ1) is 6.19. The molecule has 3 atom stereocenters. The third-order valence-electron chi connectivity index (χ3n) is 4.31. The number of hydrogen-bond acceptors (Lipinski definition) is 1. The van der Waals surface area contributed by atoms with Crippen molar-refractivity contribution in [3.8, 4) is 0 Å². The Hall–Kier alpha value is -0.0400. The minimum atomic E-state index is 0.781. The molecule has 3 unspecified atom stereocenters. The molecule has 1 heteroatoms. The Kier molecular flexibility index (Phi) is 2.39. The van der Waals surface area contributed by atoms with Gasteiger partial charge >= 0.3 is 0 Å². The topological polar surface area (TPSA) is 12.0 Å². The lowest BCUT2D eigenvalue weighted by molar-refractivity contribution is 0.168. The van der Waals surface area contributed by atoms with Crippen molar-refractivity contribution in [1.29, 1.82) is 0 Å². The SMILES string of the molecule is CNC1CCC12CC2CCC(C)C. The third-order valence-corrected chi connectivity index (χ3v) is 4.31. The highest BCUT2D eigenvalue weighted by Crippen LogP contribution is 2.66. The van der Waals surface area contributed by atoms with E-state index in [1.54, 1.807) is 0 Å². The Morgan fingerprint density at radius 1 is 1.46 bits per heavy atom. The van der Waals surface area contributed by atoms with Crippen LogP contribution >= 0.6 is 0 Å². The summed E-state index contributed by atoms with van der Waals surface area (Å²) in [5, 5.41) is 3.47. The van der Waals surface area contributed by atoms with E-state index >= 15 is 0 Å². The molecule has 13 heavy (non-hydrogen) atoms. The summed E-state index contributed by atoms with van der Waals surface area (Å²) in [6, 6.07) is 0.865. The zero-order valence-corrected chi connectivity index (χ0v) is 9.27. The molecule has 76 valence electrons. The number of nitrogens with one attached hydrogen (secondary N) is 1. The van der Waals surface area contributed by atoms with Gasteiger partial charge in [0.2, 0.25) is 0 Å². The monoisotopic (exact) mass is 181 g/mol. The molecule has 2 aliphatic carbocycles. The van der Waals surface area contributed by atoms with Gasteiger partial charge in [0.15, 0.2) is 0 Å². The van der Waals surface area contributed by atoms with E-state index < -0.39 is 0 Å². The smallest absolute Gasteiger partial charge is 0.0123 e. The summed E-state index contributed by atoms with van der Waals surface area (Å²) in [7, 11) is 2.13. The summed E-state index contributed by atoms with van der Waals surface area (Å²) >= 11 is 0. The van der Waals surface area contributed by atoms with Gasteiger partial charge in [-0.1, -0.05) is 20.3 Å². The van der Waals surface area contributed by atoms with Gasteiger partial charge in [-0.3, -0.25) is 0 Å². The molecule has 0 radical (unpaired) electrons. The van der Waals surface area contributed by atoms with Gasteiger partial charge in [-0.25, -0.2) is 0 Å². The maximum absolute atomic E-state index is 3.47. The molecule has 0 aromatic carbocycles. The van der Waals surface area contributed by atoms with Gasteiger partial charge < -0.3 is 5.32 Å². The highest BCUT2D eigenvalue weighted by Gasteiger charge is 2.62. The van der Waals surface area contributed by atoms with Crippen molar-refractivity contribution in [3.63, 3.8) is 0 Å². The van der Waals surface area contributed by atoms with Crippen molar-refractivity contribution >= 4 is 0 Å². The average molecular weight is 181 g/mol. The lowest BCUT2D eigenvalue weighted by Crippen LogP contribution is -2.44. The van der Waals surface area contributed by atoms with E-state index in [1.807, 2.05) is 0 Å². The Balaban J connectivity index is 1.75. The molecule has 2 aliphatic rings. The van der Waals surface area contributed by atoms with E-state index in [9.17, 15) is 0 Å². The van der Waals surface area contributed by atoms with Gasteiger partial charge in [-0.2, -0.15) is 0 Å². The molecule has 2 rings (SSSR count). The van der Waals surface area contributed by atoms with Crippen molar-refractivity contribution < 1.29 is 0 Å². The standard InChI is InChI=1S/C12H23N/c1-9(2)4-5-10-8-12(10)7-6-11(12)13-3/h9-11,13H,4-8H2,1-3H3. The number of rotatable bonds is 4. The Morgan fingerprint density at radius 2 is 2.23 bits per heavy atom. The minimum Gasteiger partial charge on any atom is -0.316 e. The normalized spacial score (nSPS) is 42.5. The summed E-state index contributed by atoms with van der Waals surface area (Å²) in [6.45, 7) is 4.68. The van der Waals surface area contributed by atoms with E-state index in [0.717, 1.165) is 23.3 Å². The fraction of sp³-hybridized carbons (Fsp3) is 1.00. The van der Waals surface area contributed by atoms with E-state index in [1.165, 1.54) is 32.1 Å². The van der Waals surface area contributed by atoms with Crippen LogP contribution in [0.1, 0.15) is 46.0 Å². The summed E-state index contributed by atoms with van der Waals surface area (Å²) in [4.78, 5) is 0. The van der Waals surface area contributed by atoms with Crippen molar-refractivity contribution in [1.82, 2.24) is 5.32 Å². The molecule has 1 nitrogen and oxygen atoms in total. The maximum Gasteiger partial charge on any atom is 0.0123 e. The van der Waals surface area contributed by atoms with Gasteiger partial charge in [-0.15, -0.1) is 0 Å². The molecule has 0 amide bonds. The van der Waals surface area contributed by atoms with Crippen LogP contribution in [-0.2, 0) is 0 Å². The predicted molar refractivity (Wildman–Crippen MR) is 56.7 cm³/mol. The first kappa shape index (κ1) is 9.51. The largest absolute Gasteiger partial charge is 0.316 e. The second-order valence-electron chi connectivity index (χ2n) is 5.49. The lowest BCUT2D eigenvalue weighted by Gasteiger charge is -2.38. The molecule has 0 heterocycles. The Labute approximate surface area is 82.3 Å². The fourth-order valence-corrected chi connectivity index (χ4v) is 3.15. The quantitative estimate of drug-likeness (QED) is 0.703. The molecule has 0 aromatic rings. The van der Waals surface area contributed by atoms with Crippen molar-refractivity contribution in [2.24, 2.45) is 17.3 Å². The molecule has 0 saturated heterocycles. The van der Waals surface area contributed by atoms with Gasteiger partial charge in [0.05, 0.1) is 0 Å². The molecule has 1 spiro atoms. The predicted octanol–water partition coefficient (Wildman–Crippen LogP) is 2.81. The van der Waals surface area contributed by atoms with Crippen LogP contribution < -0.4 is 5.32 Å². The molecule has 0 aliphatic heterocycles. The Morgan fingerprint density at radius 3 is 2.69 bits per heavy atom. The highest BCUT2D eigenvalue weighted by molar-refractivity contribution is 5.15. The third kappa shape index (κ3) is 1.52. The maximum atomic E-state index is 3.47. The Bertz CT molecular complexity index is 186. The number of hydrogen-bond donors (Lipinski definition) is 1. The lowest BCUT2D eigenvalue weighted by atomic mass is 9.73. The van der Waals surface area contributed by atoms with Gasteiger partial charge in [0.1, 0.15) is 0 Å². The van der Waals surface area contributed by atoms with Crippen LogP contribution in [0.2, 0.25) is 0 Å². The molecular formula is C12H23N. The molecular weight excluding hydrogens is 158 g/mol. The van der Waals surface area contributed by atoms with Gasteiger partial charge in [-0.05, 0) is 50.0 Å². The highest BCUT2D eigenvalue weighted by atomic mass is 15.0. The van der Waals surface area contributed by atoms with Crippen LogP contribution in [0.3, 0.4) is 0 Å².